The Hall–Kier alpha value is -1.31. The van der Waals surface area contributed by atoms with Gasteiger partial charge in [-0.1, -0.05) is 52.5 Å². The van der Waals surface area contributed by atoms with Crippen LogP contribution < -0.4 is 0 Å². The number of piperidine rings is 2. The van der Waals surface area contributed by atoms with Crippen molar-refractivity contribution in [2.45, 2.75) is 48.5 Å². The first-order valence-corrected chi connectivity index (χ1v) is 15.2. The molecule has 0 aliphatic carbocycles. The zero-order valence-electron chi connectivity index (χ0n) is 20.9. The second-order valence-electron chi connectivity index (χ2n) is 9.74. The van der Waals surface area contributed by atoms with Crippen LogP contribution in [0.4, 0.5) is 13.2 Å². The Bertz CT molecular complexity index is 1360. The summed E-state index contributed by atoms with van der Waals surface area (Å²) >= 11 is 23.8. The molecule has 15 heteroatoms. The van der Waals surface area contributed by atoms with Gasteiger partial charge in [-0.2, -0.15) is 17.5 Å². The van der Waals surface area contributed by atoms with Gasteiger partial charge in [-0.25, -0.2) is 8.42 Å². The van der Waals surface area contributed by atoms with Crippen molar-refractivity contribution >= 4 is 62.3 Å². The fraction of sp³-hybridized carbons (Fsp3) is 0.480. The normalized spacial score (nSPS) is 20.5. The molecule has 2 aromatic carbocycles. The van der Waals surface area contributed by atoms with Crippen LogP contribution in [-0.4, -0.2) is 67.5 Å². The smallest absolute Gasteiger partial charge is 0.385 e. The van der Waals surface area contributed by atoms with Gasteiger partial charge in [-0.05, 0) is 55.5 Å². The van der Waals surface area contributed by atoms with E-state index in [0.29, 0.717) is 12.8 Å². The van der Waals surface area contributed by atoms with Crippen molar-refractivity contribution in [2.24, 2.45) is 0 Å². The van der Waals surface area contributed by atoms with E-state index in [0.717, 1.165) is 12.1 Å². The largest absolute Gasteiger partial charge is 0.417 e. The summed E-state index contributed by atoms with van der Waals surface area (Å²) in [6, 6.07) is 5.88. The average molecular weight is 664 g/mol. The Morgan fingerprint density at radius 3 is 2.25 bits per heavy atom. The van der Waals surface area contributed by atoms with Crippen molar-refractivity contribution in [1.82, 2.24) is 9.21 Å². The second kappa shape index (κ2) is 12.1. The second-order valence-corrected chi connectivity index (χ2v) is 13.3. The Labute approximate surface area is 249 Å². The van der Waals surface area contributed by atoms with Crippen molar-refractivity contribution < 1.29 is 36.2 Å². The molecule has 0 radical (unpaired) electrons. The minimum atomic E-state index is -4.67. The highest BCUT2D eigenvalue weighted by atomic mass is 35.5. The summed E-state index contributed by atoms with van der Waals surface area (Å²) in [5.74, 6) is -0.377. The minimum absolute atomic E-state index is 0.0112. The lowest BCUT2D eigenvalue weighted by molar-refractivity contribution is -0.143. The van der Waals surface area contributed by atoms with Gasteiger partial charge in [0, 0.05) is 31.2 Å². The summed E-state index contributed by atoms with van der Waals surface area (Å²) in [6.45, 7) is 0.0844. The molecule has 4 rings (SSSR count). The summed E-state index contributed by atoms with van der Waals surface area (Å²) in [4.78, 5) is 14.0. The first-order valence-electron chi connectivity index (χ1n) is 12.3. The van der Waals surface area contributed by atoms with Gasteiger partial charge >= 0.3 is 6.18 Å². The van der Waals surface area contributed by atoms with Gasteiger partial charge in [0.25, 0.3) is 0 Å². The molecule has 220 valence electrons. The predicted molar refractivity (Wildman–Crippen MR) is 145 cm³/mol. The van der Waals surface area contributed by atoms with Gasteiger partial charge in [0.05, 0.1) is 32.3 Å². The minimum Gasteiger partial charge on any atom is -0.385 e. The number of carbonyl (C=O) groups excluding carboxylic acids is 1. The molecule has 1 amide bonds. The Kier molecular flexibility index (Phi) is 9.58. The van der Waals surface area contributed by atoms with E-state index in [2.05, 4.69) is 0 Å². The highest BCUT2D eigenvalue weighted by Crippen LogP contribution is 2.40. The molecule has 2 fully saturated rings. The SMILES string of the molecule is O=C(COC1CCCN(S(=O)(=O)c2c(Cl)cc(Cl)cc2Cl)C1)N1CCC(O)(c2ccc(Cl)c(C(F)(F)F)c2)CC1. The number of hydrogen-bond donors (Lipinski definition) is 1. The van der Waals surface area contributed by atoms with Crippen molar-refractivity contribution in [2.75, 3.05) is 32.8 Å². The van der Waals surface area contributed by atoms with E-state index in [4.69, 9.17) is 51.1 Å². The number of alkyl halides is 3. The van der Waals surface area contributed by atoms with Gasteiger partial charge in [0.15, 0.2) is 0 Å². The highest BCUT2D eigenvalue weighted by Gasteiger charge is 2.40. The maximum atomic E-state index is 13.3. The molecule has 2 saturated heterocycles. The molecule has 1 unspecified atom stereocenters. The number of nitrogens with zero attached hydrogens (tertiary/aromatic N) is 2. The quantitative estimate of drug-likeness (QED) is 0.410. The maximum absolute atomic E-state index is 13.3. The lowest BCUT2D eigenvalue weighted by atomic mass is 9.83. The van der Waals surface area contributed by atoms with E-state index in [1.807, 2.05) is 0 Å². The molecule has 2 aliphatic rings. The van der Waals surface area contributed by atoms with Crippen LogP contribution in [0.1, 0.15) is 36.8 Å². The molecule has 40 heavy (non-hydrogen) atoms. The first-order chi connectivity index (χ1) is 18.6. The number of carbonyl (C=O) groups is 1. The summed E-state index contributed by atoms with van der Waals surface area (Å²) in [6.07, 6.45) is -4.17. The number of likely N-dealkylation sites (tertiary alicyclic amines) is 1. The van der Waals surface area contributed by atoms with E-state index < -0.39 is 38.5 Å². The fourth-order valence-electron chi connectivity index (χ4n) is 4.89. The third-order valence-corrected chi connectivity index (χ3v) is 10.4. The third kappa shape index (κ3) is 6.83. The van der Waals surface area contributed by atoms with Crippen LogP contribution in [0.3, 0.4) is 0 Å². The van der Waals surface area contributed by atoms with Gasteiger partial charge in [0.2, 0.25) is 15.9 Å². The van der Waals surface area contributed by atoms with Crippen molar-refractivity contribution in [3.8, 4) is 0 Å². The molecule has 0 bridgehead atoms. The molecule has 2 aromatic rings. The number of hydrogen-bond acceptors (Lipinski definition) is 5. The summed E-state index contributed by atoms with van der Waals surface area (Å²) in [7, 11) is -4.06. The zero-order chi connectivity index (χ0) is 29.5. The lowest BCUT2D eigenvalue weighted by Crippen LogP contribution is -2.48. The number of ether oxygens (including phenoxy) is 1. The number of aliphatic hydroxyl groups is 1. The monoisotopic (exact) mass is 662 g/mol. The van der Waals surface area contributed by atoms with E-state index in [-0.39, 0.29) is 77.1 Å². The first kappa shape index (κ1) is 31.6. The maximum Gasteiger partial charge on any atom is 0.417 e. The van der Waals surface area contributed by atoms with Crippen LogP contribution in [0, 0.1) is 0 Å². The summed E-state index contributed by atoms with van der Waals surface area (Å²) in [5, 5.41) is 10.6. The van der Waals surface area contributed by atoms with Crippen LogP contribution in [0.2, 0.25) is 20.1 Å². The summed E-state index contributed by atoms with van der Waals surface area (Å²) < 4.78 is 73.2. The average Bonchev–Trinajstić information content (AvgIpc) is 2.86. The highest BCUT2D eigenvalue weighted by molar-refractivity contribution is 7.89. The predicted octanol–water partition coefficient (Wildman–Crippen LogP) is 6.00. The van der Waals surface area contributed by atoms with Crippen LogP contribution in [0.5, 0.6) is 0 Å². The van der Waals surface area contributed by atoms with E-state index >= 15 is 0 Å². The van der Waals surface area contributed by atoms with Crippen LogP contribution in [0.25, 0.3) is 0 Å². The van der Waals surface area contributed by atoms with Crippen molar-refractivity contribution in [3.63, 3.8) is 0 Å². The molecule has 7 nitrogen and oxygen atoms in total. The van der Waals surface area contributed by atoms with Gasteiger partial charge in [0.1, 0.15) is 11.5 Å². The molecule has 1 N–H and O–H groups in total. The molecule has 1 atom stereocenters. The standard InChI is InChI=1S/C25H25Cl4F3N2O5S/c26-16-11-20(28)23(21(29)12-16)40(37,38)34-7-1-2-17(13-34)39-14-22(35)33-8-5-24(36,6-9-33)15-3-4-19(27)18(10-15)25(30,31)32/h3-4,10-12,17,36H,1-2,5-9,13-14H2. The van der Waals surface area contributed by atoms with E-state index in [9.17, 15) is 31.5 Å². The lowest BCUT2D eigenvalue weighted by Gasteiger charge is -2.39. The number of sulfonamides is 1. The third-order valence-electron chi connectivity index (χ3n) is 7.10. The molecule has 0 aromatic heterocycles. The van der Waals surface area contributed by atoms with Gasteiger partial charge in [-0.3, -0.25) is 4.79 Å². The van der Waals surface area contributed by atoms with Crippen molar-refractivity contribution in [1.29, 1.82) is 0 Å². The molecule has 2 heterocycles. The Morgan fingerprint density at radius 2 is 1.65 bits per heavy atom. The number of halogens is 7. The van der Waals surface area contributed by atoms with E-state index in [1.54, 1.807) is 0 Å². The zero-order valence-corrected chi connectivity index (χ0v) is 24.7. The molecule has 0 spiro atoms. The Morgan fingerprint density at radius 1 is 1.02 bits per heavy atom. The topological polar surface area (TPSA) is 87.2 Å². The number of amides is 1. The molecular formula is C25H25Cl4F3N2O5S. The van der Waals surface area contributed by atoms with Gasteiger partial charge < -0.3 is 14.7 Å². The van der Waals surface area contributed by atoms with Crippen molar-refractivity contribution in [3.05, 3.63) is 61.5 Å². The summed E-state index contributed by atoms with van der Waals surface area (Å²) in [5.41, 5.74) is -2.50. The van der Waals surface area contributed by atoms with Crippen LogP contribution in [-0.2, 0) is 31.3 Å². The van der Waals surface area contributed by atoms with Gasteiger partial charge in [-0.15, -0.1) is 0 Å². The molecular weight excluding hydrogens is 639 g/mol. The number of rotatable bonds is 6. The van der Waals surface area contributed by atoms with Crippen LogP contribution in [0.15, 0.2) is 35.2 Å². The van der Waals surface area contributed by atoms with E-state index in [1.165, 1.54) is 27.4 Å². The van der Waals surface area contributed by atoms with Crippen LogP contribution >= 0.6 is 46.4 Å². The number of benzene rings is 2. The molecule has 2 aliphatic heterocycles. The molecule has 0 saturated carbocycles. The Balaban J connectivity index is 1.34. The fourth-order valence-corrected chi connectivity index (χ4v) is 8.12.